The van der Waals surface area contributed by atoms with Crippen LogP contribution in [-0.4, -0.2) is 11.5 Å². The van der Waals surface area contributed by atoms with Crippen molar-refractivity contribution >= 4 is 11.4 Å². The summed E-state index contributed by atoms with van der Waals surface area (Å²) in [5, 5.41) is 13.8. The molecule has 0 aliphatic rings. The number of anilines is 1. The van der Waals surface area contributed by atoms with E-state index in [1.54, 1.807) is 0 Å². The molecule has 0 bridgehead atoms. The van der Waals surface area contributed by atoms with E-state index in [1.165, 1.54) is 24.3 Å². The molecule has 2 aromatic carbocycles. The van der Waals surface area contributed by atoms with Gasteiger partial charge in [-0.15, -0.1) is 0 Å². The number of ether oxygens (including phenoxy) is 1. The van der Waals surface area contributed by atoms with Gasteiger partial charge in [-0.2, -0.15) is 4.39 Å². The topological polar surface area (TPSA) is 64.4 Å². The Kier molecular flexibility index (Phi) is 4.32. The maximum Gasteiger partial charge on any atom is 0.275 e. The summed E-state index contributed by atoms with van der Waals surface area (Å²) in [5.41, 5.74) is 0.249. The van der Waals surface area contributed by atoms with Crippen LogP contribution in [-0.2, 0) is 0 Å². The van der Waals surface area contributed by atoms with Gasteiger partial charge in [0.1, 0.15) is 5.75 Å². The molecule has 0 amide bonds. The predicted octanol–water partition coefficient (Wildman–Crippen LogP) is 4.10. The molecule has 5 nitrogen and oxygen atoms in total. The van der Waals surface area contributed by atoms with Gasteiger partial charge in [0.15, 0.2) is 11.6 Å². The number of benzene rings is 2. The number of rotatable bonds is 5. The average Bonchev–Trinajstić information content (AvgIpc) is 2.44. The molecule has 0 atom stereocenters. The van der Waals surface area contributed by atoms with Crippen LogP contribution < -0.4 is 10.1 Å². The normalized spacial score (nSPS) is 10.2. The quantitative estimate of drug-likeness (QED) is 0.666. The molecule has 21 heavy (non-hydrogen) atoms. The maximum absolute atomic E-state index is 13.5. The molecule has 0 aliphatic heterocycles. The van der Waals surface area contributed by atoms with Crippen LogP contribution in [0.25, 0.3) is 0 Å². The van der Waals surface area contributed by atoms with Crippen molar-refractivity contribution in [1.29, 1.82) is 0 Å². The first-order chi connectivity index (χ1) is 10.0. The van der Waals surface area contributed by atoms with E-state index in [4.69, 9.17) is 4.74 Å². The van der Waals surface area contributed by atoms with Crippen LogP contribution in [0.3, 0.4) is 0 Å². The first kappa shape index (κ1) is 14.7. The van der Waals surface area contributed by atoms with Crippen molar-refractivity contribution in [3.8, 4) is 11.5 Å². The lowest BCUT2D eigenvalue weighted by atomic mass is 10.2. The molecule has 7 heteroatoms. The number of non-ortho nitro benzene ring substituents is 1. The second kappa shape index (κ2) is 6.17. The van der Waals surface area contributed by atoms with Gasteiger partial charge in [-0.25, -0.2) is 4.39 Å². The van der Waals surface area contributed by atoms with Crippen molar-refractivity contribution in [1.82, 2.24) is 0 Å². The standard InChI is InChI=1S/C14H12F2N2O3/c1-2-17-9-6-10(18(19)20)8-11(7-9)21-13-5-3-4-12(15)14(13)16/h3-8,17H,2H2,1H3. The van der Waals surface area contributed by atoms with Gasteiger partial charge in [0.05, 0.1) is 11.0 Å². The smallest absolute Gasteiger partial charge is 0.275 e. The van der Waals surface area contributed by atoms with Crippen LogP contribution in [0.15, 0.2) is 36.4 Å². The van der Waals surface area contributed by atoms with Crippen molar-refractivity contribution in [3.63, 3.8) is 0 Å². The van der Waals surface area contributed by atoms with Crippen LogP contribution in [0.1, 0.15) is 6.92 Å². The van der Waals surface area contributed by atoms with Crippen molar-refractivity contribution in [2.45, 2.75) is 6.92 Å². The summed E-state index contributed by atoms with van der Waals surface area (Å²) in [5.74, 6) is -2.48. The maximum atomic E-state index is 13.5. The molecule has 0 aromatic heterocycles. The minimum Gasteiger partial charge on any atom is -0.454 e. The highest BCUT2D eigenvalue weighted by molar-refractivity contribution is 5.57. The lowest BCUT2D eigenvalue weighted by Crippen LogP contribution is -1.99. The lowest BCUT2D eigenvalue weighted by molar-refractivity contribution is -0.384. The molecule has 2 aromatic rings. The SMILES string of the molecule is CCNc1cc(Oc2cccc(F)c2F)cc([N+](=O)[O-])c1. The second-order valence-corrected chi connectivity index (χ2v) is 4.16. The van der Waals surface area contributed by atoms with Gasteiger partial charge < -0.3 is 10.1 Å². The minimum absolute atomic E-state index is 0.0460. The van der Waals surface area contributed by atoms with E-state index in [9.17, 15) is 18.9 Å². The van der Waals surface area contributed by atoms with Gasteiger partial charge in [0, 0.05) is 24.4 Å². The molecule has 2 rings (SSSR count). The van der Waals surface area contributed by atoms with Crippen LogP contribution in [0.5, 0.6) is 11.5 Å². The zero-order chi connectivity index (χ0) is 15.4. The third-order valence-electron chi connectivity index (χ3n) is 2.63. The number of nitro groups is 1. The Labute approximate surface area is 119 Å². The van der Waals surface area contributed by atoms with Crippen LogP contribution in [0, 0.1) is 21.7 Å². The summed E-state index contributed by atoms with van der Waals surface area (Å²) < 4.78 is 31.9. The molecule has 0 spiro atoms. The molecule has 0 heterocycles. The molecule has 0 fully saturated rings. The summed E-state index contributed by atoms with van der Waals surface area (Å²) in [7, 11) is 0. The summed E-state index contributed by atoms with van der Waals surface area (Å²) >= 11 is 0. The van der Waals surface area contributed by atoms with E-state index in [-0.39, 0.29) is 17.2 Å². The highest BCUT2D eigenvalue weighted by Crippen LogP contribution is 2.31. The third kappa shape index (κ3) is 3.44. The Balaban J connectivity index is 2.38. The van der Waals surface area contributed by atoms with Gasteiger partial charge in [0.2, 0.25) is 5.82 Å². The van der Waals surface area contributed by atoms with Gasteiger partial charge >= 0.3 is 0 Å². The van der Waals surface area contributed by atoms with Crippen molar-refractivity contribution < 1.29 is 18.4 Å². The average molecular weight is 294 g/mol. The van der Waals surface area contributed by atoms with E-state index in [2.05, 4.69) is 5.32 Å². The largest absolute Gasteiger partial charge is 0.454 e. The number of hydrogen-bond acceptors (Lipinski definition) is 4. The van der Waals surface area contributed by atoms with Crippen molar-refractivity contribution in [3.05, 3.63) is 58.1 Å². The highest BCUT2D eigenvalue weighted by atomic mass is 19.2. The predicted molar refractivity (Wildman–Crippen MR) is 73.7 cm³/mol. The van der Waals surface area contributed by atoms with E-state index in [0.29, 0.717) is 12.2 Å². The summed E-state index contributed by atoms with van der Waals surface area (Å²) in [6.07, 6.45) is 0. The molecule has 0 aliphatic carbocycles. The van der Waals surface area contributed by atoms with Gasteiger partial charge in [-0.05, 0) is 19.1 Å². The summed E-state index contributed by atoms with van der Waals surface area (Å²) in [6.45, 7) is 2.38. The fourth-order valence-corrected chi connectivity index (χ4v) is 1.74. The molecular formula is C14H12F2N2O3. The van der Waals surface area contributed by atoms with Crippen LogP contribution in [0.2, 0.25) is 0 Å². The van der Waals surface area contributed by atoms with Crippen LogP contribution >= 0.6 is 0 Å². The van der Waals surface area contributed by atoms with E-state index in [0.717, 1.165) is 12.1 Å². The molecule has 110 valence electrons. The Hall–Kier alpha value is -2.70. The molecule has 1 N–H and O–H groups in total. The summed E-state index contributed by atoms with van der Waals surface area (Å²) in [4.78, 5) is 10.3. The molecule has 0 unspecified atom stereocenters. The molecular weight excluding hydrogens is 282 g/mol. The van der Waals surface area contributed by atoms with Crippen molar-refractivity contribution in [2.75, 3.05) is 11.9 Å². The Morgan fingerprint density at radius 3 is 2.71 bits per heavy atom. The zero-order valence-corrected chi connectivity index (χ0v) is 11.1. The molecule has 0 radical (unpaired) electrons. The molecule has 0 saturated carbocycles. The monoisotopic (exact) mass is 294 g/mol. The number of nitro benzene ring substituents is 1. The third-order valence-corrected chi connectivity index (χ3v) is 2.63. The number of halogens is 2. The van der Waals surface area contributed by atoms with Gasteiger partial charge in [-0.3, -0.25) is 10.1 Å². The summed E-state index contributed by atoms with van der Waals surface area (Å²) in [6, 6.07) is 7.44. The fourth-order valence-electron chi connectivity index (χ4n) is 1.74. The first-order valence-electron chi connectivity index (χ1n) is 6.16. The Morgan fingerprint density at radius 2 is 2.05 bits per heavy atom. The zero-order valence-electron chi connectivity index (χ0n) is 11.1. The second-order valence-electron chi connectivity index (χ2n) is 4.16. The number of nitrogens with zero attached hydrogens (tertiary/aromatic N) is 1. The van der Waals surface area contributed by atoms with E-state index in [1.807, 2.05) is 6.92 Å². The van der Waals surface area contributed by atoms with Gasteiger partial charge in [0.25, 0.3) is 5.69 Å². The molecule has 0 saturated heterocycles. The van der Waals surface area contributed by atoms with Crippen LogP contribution in [0.4, 0.5) is 20.2 Å². The van der Waals surface area contributed by atoms with Crippen molar-refractivity contribution in [2.24, 2.45) is 0 Å². The van der Waals surface area contributed by atoms with E-state index >= 15 is 0 Å². The van der Waals surface area contributed by atoms with Gasteiger partial charge in [-0.1, -0.05) is 6.07 Å². The fraction of sp³-hybridized carbons (Fsp3) is 0.143. The highest BCUT2D eigenvalue weighted by Gasteiger charge is 2.14. The minimum atomic E-state index is -1.14. The number of hydrogen-bond donors (Lipinski definition) is 1. The first-order valence-corrected chi connectivity index (χ1v) is 6.16. The Bertz CT molecular complexity index is 677. The van der Waals surface area contributed by atoms with E-state index < -0.39 is 16.6 Å². The lowest BCUT2D eigenvalue weighted by Gasteiger charge is -2.09. The Morgan fingerprint density at radius 1 is 1.29 bits per heavy atom. The number of nitrogens with one attached hydrogen (secondary N) is 1.